The van der Waals surface area contributed by atoms with Gasteiger partial charge < -0.3 is 38.6 Å². The van der Waals surface area contributed by atoms with E-state index in [1.165, 1.54) is 43.7 Å². The molecule has 4 aliphatic rings. The van der Waals surface area contributed by atoms with Crippen molar-refractivity contribution < 1.29 is 69.6 Å². The number of ether oxygens (including phenoxy) is 5. The van der Waals surface area contributed by atoms with Crippen LogP contribution in [0.4, 0.5) is 23.4 Å². The van der Waals surface area contributed by atoms with Gasteiger partial charge in [-0.1, -0.05) is 147 Å². The van der Waals surface area contributed by atoms with E-state index in [1.54, 1.807) is 83.1 Å². The predicted molar refractivity (Wildman–Crippen MR) is 370 cm³/mol. The second-order valence-corrected chi connectivity index (χ2v) is 27.3. The second kappa shape index (κ2) is 35.9. The Morgan fingerprint density at radius 1 is 0.584 bits per heavy atom. The van der Waals surface area contributed by atoms with Crippen molar-refractivity contribution in [3.63, 3.8) is 0 Å². The van der Waals surface area contributed by atoms with E-state index in [1.807, 2.05) is 35.7 Å². The average Bonchev–Trinajstić information content (AvgIpc) is 1.65. The molecule has 4 saturated heterocycles. The molecule has 101 heavy (non-hydrogen) atoms. The van der Waals surface area contributed by atoms with Gasteiger partial charge in [-0.05, 0) is 70.4 Å². The lowest BCUT2D eigenvalue weighted by Gasteiger charge is -2.25. The smallest absolute Gasteiger partial charge is 0.459 e. The van der Waals surface area contributed by atoms with E-state index in [2.05, 4.69) is 15.4 Å². The molecule has 0 saturated carbocycles. The van der Waals surface area contributed by atoms with Crippen molar-refractivity contribution in [1.82, 2.24) is 43.3 Å². The maximum Gasteiger partial charge on any atom is 0.459 e. The van der Waals surface area contributed by atoms with Crippen molar-refractivity contribution in [2.24, 2.45) is 17.8 Å². The van der Waals surface area contributed by atoms with Gasteiger partial charge in [0.05, 0.1) is 31.0 Å². The van der Waals surface area contributed by atoms with Crippen LogP contribution in [-0.2, 0) is 37.6 Å². The summed E-state index contributed by atoms with van der Waals surface area (Å²) in [4.78, 5) is 115. The average molecular weight is 1530 g/mol. The fourth-order valence-electron chi connectivity index (χ4n) is 10.5. The fraction of sp³-hybridized carbons (Fsp3) is 0.531. The molecule has 28 nitrogen and oxygen atoms in total. The van der Waals surface area contributed by atoms with E-state index in [4.69, 9.17) is 79.1 Å². The van der Waals surface area contributed by atoms with Gasteiger partial charge in [0, 0.05) is 66.3 Å². The Labute approximate surface area is 597 Å². The lowest BCUT2D eigenvalue weighted by molar-refractivity contribution is -0.149. The van der Waals surface area contributed by atoms with Crippen LogP contribution in [0, 0.1) is 17.8 Å². The molecule has 2 aromatic carbocycles. The van der Waals surface area contributed by atoms with Crippen LogP contribution in [-0.4, -0.2) is 125 Å². The molecule has 560 valence electrons. The van der Waals surface area contributed by atoms with Gasteiger partial charge in [-0.15, -0.1) is 0 Å². The molecule has 18 atom stereocenters. The number of aromatic amines is 3. The number of H-pyrrole nitrogens is 3. The molecule has 4 aromatic heterocycles. The first-order chi connectivity index (χ1) is 45.9. The predicted octanol–water partition coefficient (Wildman–Crippen LogP) is 9.85. The highest BCUT2D eigenvalue weighted by molar-refractivity contribution is 7.52. The van der Waals surface area contributed by atoms with Crippen LogP contribution < -0.4 is 54.4 Å². The monoisotopic (exact) mass is 1530 g/mol. The zero-order chi connectivity index (χ0) is 72.6. The summed E-state index contributed by atoms with van der Waals surface area (Å²) < 4.78 is 114. The zero-order valence-electron chi connectivity index (χ0n) is 53.9. The maximum absolute atomic E-state index is 15.2. The van der Waals surface area contributed by atoms with Gasteiger partial charge in [0.15, 0.2) is 24.9 Å². The van der Waals surface area contributed by atoms with Gasteiger partial charge in [-0.25, -0.2) is 41.3 Å². The minimum atomic E-state index is -4.35. The van der Waals surface area contributed by atoms with Gasteiger partial charge in [0.2, 0.25) is 15.4 Å². The van der Waals surface area contributed by atoms with Gasteiger partial charge >= 0.3 is 36.5 Å². The number of aromatic nitrogens is 8. The third-order valence-electron chi connectivity index (χ3n) is 16.1. The van der Waals surface area contributed by atoms with Crippen LogP contribution in [0.25, 0.3) is 0 Å². The van der Waals surface area contributed by atoms with E-state index >= 15 is 4.39 Å². The molecule has 6 aromatic rings. The van der Waals surface area contributed by atoms with E-state index < -0.39 is 159 Å². The highest BCUT2D eigenvalue weighted by Gasteiger charge is 2.60. The minimum absolute atomic E-state index is 0. The number of halogens is 8. The summed E-state index contributed by atoms with van der Waals surface area (Å²) in [5.41, 5.74) is -4.65. The molecule has 37 heteroatoms. The molecule has 4 fully saturated rings. The highest BCUT2D eigenvalue weighted by Crippen LogP contribution is 2.52. The lowest BCUT2D eigenvalue weighted by atomic mass is 9.99. The second-order valence-electron chi connectivity index (χ2n) is 23.3. The molecule has 0 radical (unpaired) electrons. The summed E-state index contributed by atoms with van der Waals surface area (Å²) in [5.74, 6) is -2.62. The van der Waals surface area contributed by atoms with E-state index in [-0.39, 0.29) is 46.1 Å². The topological polar surface area (TPSA) is 360 Å². The van der Waals surface area contributed by atoms with Crippen molar-refractivity contribution in [1.29, 1.82) is 0 Å². The number of benzene rings is 2. The number of aliphatic hydroxyl groups excluding tert-OH is 1. The minimum Gasteiger partial charge on any atom is -0.462 e. The van der Waals surface area contributed by atoms with Crippen LogP contribution >= 0.6 is 54.2 Å². The van der Waals surface area contributed by atoms with Crippen molar-refractivity contribution >= 4 is 71.8 Å². The molecular formula is C64H85Cl4F4N10O18P. The van der Waals surface area contributed by atoms with Crippen molar-refractivity contribution in [3.8, 4) is 5.75 Å². The van der Waals surface area contributed by atoms with E-state index in [0.29, 0.717) is 29.4 Å². The Morgan fingerprint density at radius 2 is 0.950 bits per heavy atom. The molecule has 0 unspecified atom stereocenters. The van der Waals surface area contributed by atoms with Crippen molar-refractivity contribution in [2.75, 3.05) is 11.9 Å². The largest absolute Gasteiger partial charge is 0.462 e. The zero-order valence-corrected chi connectivity index (χ0v) is 57.8. The Morgan fingerprint density at radius 3 is 1.32 bits per heavy atom. The number of aliphatic hydroxyl groups is 1. The Bertz CT molecular complexity index is 4130. The summed E-state index contributed by atoms with van der Waals surface area (Å²) >= 11 is 23.6. The van der Waals surface area contributed by atoms with Gasteiger partial charge in [-0.2, -0.15) is 10.1 Å². The van der Waals surface area contributed by atoms with Gasteiger partial charge in [0.1, 0.15) is 29.8 Å². The summed E-state index contributed by atoms with van der Waals surface area (Å²) in [6.45, 7) is 14.4. The number of alkyl halides is 8. The molecule has 0 aliphatic carbocycles. The van der Waals surface area contributed by atoms with E-state index in [9.17, 15) is 66.0 Å². The van der Waals surface area contributed by atoms with Crippen molar-refractivity contribution in [3.05, 3.63) is 188 Å². The summed E-state index contributed by atoms with van der Waals surface area (Å²) in [5, 5.41) is 5.81. The normalized spacial score (nSPS) is 29.4. The van der Waals surface area contributed by atoms with Crippen LogP contribution in [0.5, 0.6) is 5.75 Å². The Hall–Kier alpha value is -7.07. The number of esters is 1. The Balaban J connectivity index is 0.000000294. The first-order valence-electron chi connectivity index (χ1n) is 30.6. The number of carbonyl (C=O) groups excluding carboxylic acids is 2. The molecule has 1 amide bonds. The number of nitrogens with one attached hydrogen (secondary N) is 5. The van der Waals surface area contributed by atoms with E-state index in [0.717, 1.165) is 38.1 Å². The number of anilines is 1. The third-order valence-corrected chi connectivity index (χ3v) is 19.7. The lowest BCUT2D eigenvalue weighted by Crippen LogP contribution is -2.42. The molecular weight excluding hydrogens is 1450 g/mol. The van der Waals surface area contributed by atoms with Crippen LogP contribution in [0.3, 0.4) is 0 Å². The molecule has 8 heterocycles. The molecule has 10 rings (SSSR count). The van der Waals surface area contributed by atoms with Crippen LogP contribution in [0.1, 0.15) is 139 Å². The maximum atomic E-state index is 15.2. The number of nitrogens with zero attached hydrogens (tertiary/aromatic N) is 5. The molecule has 6 N–H and O–H groups in total. The summed E-state index contributed by atoms with van der Waals surface area (Å²) in [6.07, 6.45) is -4.32. The SMILES string of the molecule is C.C.C.CC(C)OC(=O)[C@H](C)N[P@](=O)(OC[C@H]1O[C@@H](n2ccc(=O)[nH]c2=O)[C@@](F)(Cl)[C@@H]1O)Oc1ccccc1.CC[C@H]1O[C@@H](n2ccc(=O)[nH]c2=O)[C@@](F)(Cl)[C@@H]1C.CC[C@H]1O[C@@H](n2ccc(=O)[nH]c2=O)[C@@](F)(Cl)[C@@H]1C.CC[C@H]1O[C@@H](n2ccc(NC(=O)c3ccccc3)nc2=O)[C@@](F)(Cl)[C@@H]1C. The standard InChI is InChI=1S/C21H26ClFN3O9P.C18H19ClFN3O3.2C11H14ClFN2O3.3CH4/c1-12(2)33-18(29)13(3)25-36(31,35-14-7-5-4-6-8-14)32-11-15-17(28)21(22,23)19(34-15)26-10-9-16(27)24-20(26)30;1-3-13-11(2)18(19,20)16(26-13)23-10-9-14(22-17(23)25)21-15(24)12-7-5-4-6-8-12;2*1-3-7-6(2)11(12,13)9(18-7)15-5-4-8(16)14-10(15)17;;;/h4-10,12-13,15,17,19,28H,11H2,1-3H3,(H,25,31)(H,24,27,30);4-11,13,16H,3H2,1-2H3,(H,21,22,24,25);2*4-7,9H,3H2,1-2H3,(H,14,16,17);3*1H4/t13-,15+,17+,19+,21+,36-;11-,13-,16-,18-;2*6-,7-,9-,11-;;;/m0111.../s1. The molecule has 0 bridgehead atoms. The summed E-state index contributed by atoms with van der Waals surface area (Å²) in [7, 11) is -4.35. The third kappa shape index (κ3) is 20.2. The van der Waals surface area contributed by atoms with Crippen LogP contribution in [0.2, 0.25) is 0 Å². The first kappa shape index (κ1) is 86.3. The van der Waals surface area contributed by atoms with Crippen molar-refractivity contribution in [2.45, 2.75) is 192 Å². The quantitative estimate of drug-likeness (QED) is 0.0202. The number of hydrogen-bond acceptors (Lipinski definition) is 19. The Kier molecular flexibility index (Phi) is 30.7. The van der Waals surface area contributed by atoms with Crippen LogP contribution in [0.15, 0.2) is 143 Å². The van der Waals surface area contributed by atoms with Gasteiger partial charge in [-0.3, -0.25) is 61.7 Å². The number of hydrogen-bond donors (Lipinski definition) is 6. The first-order valence-corrected chi connectivity index (χ1v) is 33.7. The number of amides is 1. The number of carbonyl (C=O) groups is 2. The molecule has 0 spiro atoms. The summed E-state index contributed by atoms with van der Waals surface area (Å²) in [6, 6.07) is 19.9. The number of para-hydroxylation sites is 1. The highest BCUT2D eigenvalue weighted by atomic mass is 35.5. The van der Waals surface area contributed by atoms with Gasteiger partial charge in [0.25, 0.3) is 27.7 Å². The number of rotatable bonds is 18. The fourth-order valence-corrected chi connectivity index (χ4v) is 13.2. The molecule has 4 aliphatic heterocycles.